The molecular weight excluding hydrogens is 699 g/mol. The highest BCUT2D eigenvalue weighted by Gasteiger charge is 2.19. The van der Waals surface area contributed by atoms with Crippen LogP contribution in [-0.2, 0) is 30.4 Å². The van der Waals surface area contributed by atoms with Crippen LogP contribution < -0.4 is 25.4 Å². The smallest absolute Gasteiger partial charge is 0.322 e. The molecule has 6 N–H and O–H groups in total. The molecule has 2 heterocycles. The van der Waals surface area contributed by atoms with Crippen molar-refractivity contribution < 1.29 is 48.4 Å². The predicted molar refractivity (Wildman–Crippen MR) is 170 cm³/mol. The molecule has 2 aromatic heterocycles. The van der Waals surface area contributed by atoms with Crippen LogP contribution in [0.25, 0.3) is 12.2 Å². The summed E-state index contributed by atoms with van der Waals surface area (Å²) in [6.07, 6.45) is 2.41. The van der Waals surface area contributed by atoms with Crippen molar-refractivity contribution in [3.63, 3.8) is 0 Å². The minimum atomic E-state index is -4.86. The minimum absolute atomic E-state index is 0.0129. The maximum Gasteiger partial charge on any atom is 0.322 e. The fraction of sp³-hybridized carbons (Fsp3) is 0.200. The molecule has 0 unspecified atom stereocenters. The summed E-state index contributed by atoms with van der Waals surface area (Å²) < 4.78 is 110. The molecular formula is C25H27N9O11S3. The largest absolute Gasteiger partial charge is 0.467 e. The molecule has 0 radical (unpaired) electrons. The maximum absolute atomic E-state index is 12.3. The summed E-state index contributed by atoms with van der Waals surface area (Å²) in [4.78, 5) is 22.9. The lowest BCUT2D eigenvalue weighted by Crippen LogP contribution is -2.16. The van der Waals surface area contributed by atoms with E-state index in [4.69, 9.17) is 14.0 Å². The topological polar surface area (TPSA) is 295 Å². The maximum atomic E-state index is 12.3. The van der Waals surface area contributed by atoms with Gasteiger partial charge in [0, 0.05) is 17.9 Å². The number of anilines is 5. The highest BCUT2D eigenvalue weighted by molar-refractivity contribution is 7.86. The summed E-state index contributed by atoms with van der Waals surface area (Å²) in [6.45, 7) is 1.33. The Balaban J connectivity index is 1.64. The van der Waals surface area contributed by atoms with E-state index in [-0.39, 0.29) is 58.9 Å². The van der Waals surface area contributed by atoms with Gasteiger partial charge in [0.2, 0.25) is 17.8 Å². The number of aromatic nitrogens is 6. The van der Waals surface area contributed by atoms with Gasteiger partial charge in [0.1, 0.15) is 15.6 Å². The first-order chi connectivity index (χ1) is 22.4. The van der Waals surface area contributed by atoms with Crippen molar-refractivity contribution in [3.05, 3.63) is 53.3 Å². The zero-order chi connectivity index (χ0) is 35.3. The molecule has 0 aliphatic carbocycles. The van der Waals surface area contributed by atoms with Crippen LogP contribution in [0.4, 0.5) is 29.2 Å². The van der Waals surface area contributed by atoms with E-state index >= 15 is 0 Å². The number of hydrogen-bond acceptors (Lipinski definition) is 17. The zero-order valence-corrected chi connectivity index (χ0v) is 27.5. The summed E-state index contributed by atoms with van der Waals surface area (Å²) in [6, 6.07) is 7.40. The van der Waals surface area contributed by atoms with Gasteiger partial charge in [-0.1, -0.05) is 24.3 Å². The molecule has 256 valence electrons. The third-order valence-corrected chi connectivity index (χ3v) is 8.43. The first-order valence-electron chi connectivity index (χ1n) is 13.1. The Morgan fingerprint density at radius 1 is 0.667 bits per heavy atom. The molecule has 0 bridgehead atoms. The van der Waals surface area contributed by atoms with Gasteiger partial charge in [0.05, 0.1) is 20.0 Å². The molecule has 0 aliphatic rings. The Labute approximate surface area is 274 Å². The lowest BCUT2D eigenvalue weighted by Gasteiger charge is -2.11. The molecule has 0 atom stereocenters. The van der Waals surface area contributed by atoms with Crippen molar-refractivity contribution in [1.29, 1.82) is 0 Å². The highest BCUT2D eigenvalue weighted by Crippen LogP contribution is 2.28. The summed E-state index contributed by atoms with van der Waals surface area (Å²) in [5, 5.41) is 8.08. The number of nitrogens with one attached hydrogen (secondary N) is 3. The minimum Gasteiger partial charge on any atom is -0.467 e. The van der Waals surface area contributed by atoms with E-state index in [1.54, 1.807) is 6.92 Å². The van der Waals surface area contributed by atoms with E-state index in [1.807, 2.05) is 0 Å². The number of methoxy groups -OCH3 is 2. The first kappa shape index (κ1) is 35.8. The van der Waals surface area contributed by atoms with Gasteiger partial charge in [0.25, 0.3) is 30.4 Å². The molecule has 4 rings (SSSR count). The highest BCUT2D eigenvalue weighted by atomic mass is 32.2. The summed E-state index contributed by atoms with van der Waals surface area (Å²) >= 11 is 0. The predicted octanol–water partition coefficient (Wildman–Crippen LogP) is 1.83. The molecule has 2 aromatic carbocycles. The molecule has 48 heavy (non-hydrogen) atoms. The van der Waals surface area contributed by atoms with Crippen molar-refractivity contribution in [1.82, 2.24) is 29.9 Å². The first-order valence-corrected chi connectivity index (χ1v) is 17.6. The van der Waals surface area contributed by atoms with Crippen LogP contribution in [-0.4, -0.2) is 95.3 Å². The molecule has 0 amide bonds. The Morgan fingerprint density at radius 3 is 1.58 bits per heavy atom. The summed E-state index contributed by atoms with van der Waals surface area (Å²) in [5.41, 5.74) is 0.131. The van der Waals surface area contributed by atoms with Gasteiger partial charge >= 0.3 is 12.0 Å². The molecule has 20 nitrogen and oxygen atoms in total. The third-order valence-electron chi connectivity index (χ3n) is 5.89. The fourth-order valence-electron chi connectivity index (χ4n) is 3.86. The van der Waals surface area contributed by atoms with E-state index in [2.05, 4.69) is 45.9 Å². The molecule has 4 aromatic rings. The average molecular weight is 726 g/mol. The second-order valence-electron chi connectivity index (χ2n) is 9.41. The normalized spacial score (nSPS) is 12.1. The number of benzene rings is 2. The van der Waals surface area contributed by atoms with Crippen LogP contribution in [0.15, 0.2) is 46.2 Å². The Bertz CT molecular complexity index is 2200. The van der Waals surface area contributed by atoms with Crippen molar-refractivity contribution in [3.8, 4) is 12.0 Å². The van der Waals surface area contributed by atoms with Gasteiger partial charge in [0.15, 0.2) is 0 Å². The second kappa shape index (κ2) is 14.4. The second-order valence-corrected chi connectivity index (χ2v) is 13.8. The van der Waals surface area contributed by atoms with E-state index in [0.717, 1.165) is 12.1 Å². The molecule has 0 fully saturated rings. The van der Waals surface area contributed by atoms with Crippen LogP contribution >= 0.6 is 0 Å². The summed E-state index contributed by atoms with van der Waals surface area (Å²) in [5.74, 6) is -0.590. The Hall–Kier alpha value is -5.07. The lowest BCUT2D eigenvalue weighted by molar-refractivity contribution is 0.377. The van der Waals surface area contributed by atoms with Crippen molar-refractivity contribution in [2.45, 2.75) is 16.7 Å². The molecule has 0 spiro atoms. The zero-order valence-electron chi connectivity index (χ0n) is 25.0. The van der Waals surface area contributed by atoms with Crippen LogP contribution in [0, 0.1) is 6.92 Å². The van der Waals surface area contributed by atoms with Crippen LogP contribution in [0.2, 0.25) is 0 Å². The van der Waals surface area contributed by atoms with Gasteiger partial charge < -0.3 is 25.4 Å². The monoisotopic (exact) mass is 725 g/mol. The fourth-order valence-corrected chi connectivity index (χ4v) is 5.64. The Morgan fingerprint density at radius 2 is 1.12 bits per heavy atom. The van der Waals surface area contributed by atoms with Crippen LogP contribution in [0.5, 0.6) is 12.0 Å². The van der Waals surface area contributed by atoms with Crippen LogP contribution in [0.3, 0.4) is 0 Å². The quantitative estimate of drug-likeness (QED) is 0.0798. The van der Waals surface area contributed by atoms with Gasteiger partial charge in [-0.3, -0.25) is 13.7 Å². The third kappa shape index (κ3) is 9.96. The van der Waals surface area contributed by atoms with Gasteiger partial charge in [-0.05, 0) is 42.3 Å². The number of nitrogens with zero attached hydrogens (tertiary/aromatic N) is 6. The van der Waals surface area contributed by atoms with Gasteiger partial charge in [-0.15, -0.1) is 0 Å². The van der Waals surface area contributed by atoms with Crippen molar-refractivity contribution in [2.75, 3.05) is 42.5 Å². The molecule has 0 saturated heterocycles. The average Bonchev–Trinajstić information content (AvgIpc) is 2.98. The number of hydrogen-bond donors (Lipinski definition) is 6. The standard InChI is InChI=1S/C25H27N9O11S3/c1-14-27-22(33-24(28-14)44-2)29-17-8-6-15(19(12-17)47(38,39)40)4-5-16-7-9-18(13-20(16)48(41,42)43)30-23-31-21(32-25(34-23)45-3)26-10-11-46(35,36)37/h4-9,12-13H,10-11H2,1-3H3,(H,35,36,37)(H,38,39,40)(H,41,42,43)(H,27,28,29,33)(H2,26,30,31,32,34). The van der Waals surface area contributed by atoms with Gasteiger partial charge in [-0.25, -0.2) is 0 Å². The van der Waals surface area contributed by atoms with Crippen LogP contribution in [0.1, 0.15) is 17.0 Å². The van der Waals surface area contributed by atoms with E-state index in [0.29, 0.717) is 5.82 Å². The van der Waals surface area contributed by atoms with E-state index < -0.39 is 45.9 Å². The molecule has 23 heteroatoms. The number of ether oxygens (including phenoxy) is 2. The lowest BCUT2D eigenvalue weighted by atomic mass is 10.1. The number of aryl methyl sites for hydroxylation is 1. The molecule has 0 saturated carbocycles. The number of rotatable bonds is 14. The summed E-state index contributed by atoms with van der Waals surface area (Å²) in [7, 11) is -11.3. The van der Waals surface area contributed by atoms with Crippen molar-refractivity contribution in [2.24, 2.45) is 0 Å². The SMILES string of the molecule is COc1nc(C)nc(Nc2ccc(C=Cc3ccc(Nc4nc(NCCS(=O)(=O)O)nc(OC)n4)cc3S(=O)(=O)O)c(S(=O)(=O)O)c2)n1. The van der Waals surface area contributed by atoms with E-state index in [1.165, 1.54) is 50.6 Å². The Kier molecular flexibility index (Phi) is 10.7. The van der Waals surface area contributed by atoms with E-state index in [9.17, 15) is 34.4 Å². The van der Waals surface area contributed by atoms with Crippen molar-refractivity contribution >= 4 is 71.7 Å². The molecule has 0 aliphatic heterocycles. The van der Waals surface area contributed by atoms with Gasteiger partial charge in [-0.2, -0.15) is 55.2 Å².